The highest BCUT2D eigenvalue weighted by molar-refractivity contribution is 5.90. The molecule has 0 N–H and O–H groups in total. The molecule has 22 heavy (non-hydrogen) atoms. The van der Waals surface area contributed by atoms with Gasteiger partial charge in [-0.15, -0.1) is 0 Å². The quantitative estimate of drug-likeness (QED) is 0.784. The number of carbonyl (C=O) groups excluding carboxylic acids is 1. The second kappa shape index (κ2) is 7.23. The van der Waals surface area contributed by atoms with Gasteiger partial charge >= 0.3 is 5.97 Å². The van der Waals surface area contributed by atoms with Crippen molar-refractivity contribution < 1.29 is 9.53 Å². The number of rotatable bonds is 5. The third-order valence-electron chi connectivity index (χ3n) is 3.45. The van der Waals surface area contributed by atoms with E-state index in [1.807, 2.05) is 31.2 Å². The van der Waals surface area contributed by atoms with E-state index >= 15 is 0 Å². The summed E-state index contributed by atoms with van der Waals surface area (Å²) in [7, 11) is 4.13. The van der Waals surface area contributed by atoms with Gasteiger partial charge in [0.1, 0.15) is 0 Å². The molecular weight excluding hydrogens is 274 g/mol. The van der Waals surface area contributed by atoms with Gasteiger partial charge in [-0.1, -0.05) is 35.9 Å². The lowest BCUT2D eigenvalue weighted by Gasteiger charge is -2.15. The van der Waals surface area contributed by atoms with Crippen molar-refractivity contribution in [2.24, 2.45) is 0 Å². The van der Waals surface area contributed by atoms with Gasteiger partial charge in [-0.05, 0) is 56.8 Å². The molecule has 0 aromatic heterocycles. The van der Waals surface area contributed by atoms with Gasteiger partial charge in [0, 0.05) is 6.54 Å². The minimum Gasteiger partial charge on any atom is -0.462 e. The van der Waals surface area contributed by atoms with Crippen LogP contribution in [0.3, 0.4) is 0 Å². The van der Waals surface area contributed by atoms with Crippen LogP contribution < -0.4 is 0 Å². The molecule has 0 heterocycles. The zero-order valence-corrected chi connectivity index (χ0v) is 13.7. The van der Waals surface area contributed by atoms with Gasteiger partial charge in [0.05, 0.1) is 12.2 Å². The zero-order chi connectivity index (χ0) is 16.1. The van der Waals surface area contributed by atoms with E-state index in [2.05, 4.69) is 44.1 Å². The molecule has 0 atom stereocenters. The summed E-state index contributed by atoms with van der Waals surface area (Å²) in [5, 5.41) is 0. The first-order valence-corrected chi connectivity index (χ1v) is 7.53. The van der Waals surface area contributed by atoms with E-state index < -0.39 is 0 Å². The molecule has 0 bridgehead atoms. The number of aryl methyl sites for hydroxylation is 1. The summed E-state index contributed by atoms with van der Waals surface area (Å²) in [5.41, 5.74) is 5.45. The molecule has 0 saturated heterocycles. The normalized spacial score (nSPS) is 10.8. The summed E-state index contributed by atoms with van der Waals surface area (Å²) in [6.45, 7) is 5.20. The number of hydrogen-bond acceptors (Lipinski definition) is 3. The Labute approximate surface area is 132 Å². The van der Waals surface area contributed by atoms with E-state index in [0.717, 1.165) is 12.1 Å². The number of carbonyl (C=O) groups is 1. The number of esters is 1. The Hall–Kier alpha value is -2.13. The lowest BCUT2D eigenvalue weighted by Crippen LogP contribution is -2.11. The highest BCUT2D eigenvalue weighted by Gasteiger charge is 2.09. The average Bonchev–Trinajstić information content (AvgIpc) is 2.47. The Morgan fingerprint density at radius 2 is 1.77 bits per heavy atom. The fraction of sp³-hybridized carbons (Fsp3) is 0.316. The largest absolute Gasteiger partial charge is 0.462 e. The van der Waals surface area contributed by atoms with E-state index in [0.29, 0.717) is 12.2 Å². The van der Waals surface area contributed by atoms with E-state index in [1.165, 1.54) is 16.7 Å². The molecule has 0 aliphatic carbocycles. The fourth-order valence-electron chi connectivity index (χ4n) is 2.48. The van der Waals surface area contributed by atoms with Crippen molar-refractivity contribution in [3.8, 4) is 11.1 Å². The summed E-state index contributed by atoms with van der Waals surface area (Å²) in [4.78, 5) is 13.9. The lowest BCUT2D eigenvalue weighted by molar-refractivity contribution is 0.0526. The SMILES string of the molecule is CCOC(=O)c1ccc(-c2ccc(C)cc2CN(C)C)cc1. The van der Waals surface area contributed by atoms with Crippen LogP contribution in [0, 0.1) is 6.92 Å². The molecule has 0 spiro atoms. The smallest absolute Gasteiger partial charge is 0.338 e. The molecular formula is C19H23NO2. The predicted octanol–water partition coefficient (Wildman–Crippen LogP) is 3.90. The molecule has 3 nitrogen and oxygen atoms in total. The van der Waals surface area contributed by atoms with Crippen LogP contribution in [0.1, 0.15) is 28.4 Å². The van der Waals surface area contributed by atoms with E-state index in [1.54, 1.807) is 0 Å². The highest BCUT2D eigenvalue weighted by Crippen LogP contribution is 2.26. The Morgan fingerprint density at radius 1 is 1.09 bits per heavy atom. The first-order chi connectivity index (χ1) is 10.5. The van der Waals surface area contributed by atoms with Crippen LogP contribution in [0.2, 0.25) is 0 Å². The van der Waals surface area contributed by atoms with E-state index in [9.17, 15) is 4.79 Å². The Balaban J connectivity index is 2.33. The predicted molar refractivity (Wildman–Crippen MR) is 90.0 cm³/mol. The Bertz CT molecular complexity index is 645. The minimum atomic E-state index is -0.272. The van der Waals surface area contributed by atoms with Gasteiger partial charge in [-0.25, -0.2) is 4.79 Å². The third-order valence-corrected chi connectivity index (χ3v) is 3.45. The van der Waals surface area contributed by atoms with Crippen molar-refractivity contribution in [3.05, 3.63) is 59.2 Å². The Morgan fingerprint density at radius 3 is 2.36 bits per heavy atom. The van der Waals surface area contributed by atoms with Gasteiger partial charge < -0.3 is 9.64 Å². The summed E-state index contributed by atoms with van der Waals surface area (Å²) >= 11 is 0. The van der Waals surface area contributed by atoms with Gasteiger partial charge in [0.15, 0.2) is 0 Å². The molecule has 2 aromatic carbocycles. The third kappa shape index (κ3) is 3.95. The number of nitrogens with zero attached hydrogens (tertiary/aromatic N) is 1. The maximum atomic E-state index is 11.7. The highest BCUT2D eigenvalue weighted by atomic mass is 16.5. The van der Waals surface area contributed by atoms with Crippen molar-refractivity contribution in [1.82, 2.24) is 4.90 Å². The van der Waals surface area contributed by atoms with Crippen LogP contribution in [0.5, 0.6) is 0 Å². The molecule has 0 fully saturated rings. The van der Waals surface area contributed by atoms with Crippen molar-refractivity contribution in [2.45, 2.75) is 20.4 Å². The number of benzene rings is 2. The summed E-state index contributed by atoms with van der Waals surface area (Å²) < 4.78 is 5.02. The van der Waals surface area contributed by atoms with Crippen LogP contribution >= 0.6 is 0 Å². The van der Waals surface area contributed by atoms with Crippen LogP contribution in [0.4, 0.5) is 0 Å². The standard InChI is InChI=1S/C19H23NO2/c1-5-22-19(21)16-9-7-15(8-10-16)18-11-6-14(2)12-17(18)13-20(3)4/h6-12H,5,13H2,1-4H3. The van der Waals surface area contributed by atoms with Gasteiger partial charge in [-0.2, -0.15) is 0 Å². The van der Waals surface area contributed by atoms with Crippen molar-refractivity contribution in [2.75, 3.05) is 20.7 Å². The number of ether oxygens (including phenoxy) is 1. The summed E-state index contributed by atoms with van der Waals surface area (Å²) in [6.07, 6.45) is 0. The van der Waals surface area contributed by atoms with Gasteiger partial charge in [-0.3, -0.25) is 0 Å². The van der Waals surface area contributed by atoms with Crippen molar-refractivity contribution >= 4 is 5.97 Å². The molecule has 116 valence electrons. The second-order valence-corrected chi connectivity index (χ2v) is 5.70. The average molecular weight is 297 g/mol. The van der Waals surface area contributed by atoms with Crippen LogP contribution in [0.25, 0.3) is 11.1 Å². The van der Waals surface area contributed by atoms with Gasteiger partial charge in [0.2, 0.25) is 0 Å². The molecule has 2 rings (SSSR count). The topological polar surface area (TPSA) is 29.5 Å². The molecule has 0 radical (unpaired) electrons. The van der Waals surface area contributed by atoms with Crippen LogP contribution in [-0.4, -0.2) is 31.6 Å². The van der Waals surface area contributed by atoms with E-state index in [-0.39, 0.29) is 5.97 Å². The minimum absolute atomic E-state index is 0.272. The zero-order valence-electron chi connectivity index (χ0n) is 13.7. The van der Waals surface area contributed by atoms with Crippen molar-refractivity contribution in [3.63, 3.8) is 0 Å². The first kappa shape index (κ1) is 16.2. The van der Waals surface area contributed by atoms with Gasteiger partial charge in [0.25, 0.3) is 0 Å². The monoisotopic (exact) mass is 297 g/mol. The van der Waals surface area contributed by atoms with Crippen LogP contribution in [0.15, 0.2) is 42.5 Å². The summed E-state index contributed by atoms with van der Waals surface area (Å²) in [6, 6.07) is 14.1. The molecule has 0 unspecified atom stereocenters. The summed E-state index contributed by atoms with van der Waals surface area (Å²) in [5.74, 6) is -0.272. The molecule has 0 aliphatic rings. The maximum Gasteiger partial charge on any atom is 0.338 e. The fourth-order valence-corrected chi connectivity index (χ4v) is 2.48. The maximum absolute atomic E-state index is 11.7. The first-order valence-electron chi connectivity index (χ1n) is 7.53. The molecule has 2 aromatic rings. The molecule has 3 heteroatoms. The molecule has 0 aliphatic heterocycles. The lowest BCUT2D eigenvalue weighted by atomic mass is 9.96. The van der Waals surface area contributed by atoms with Crippen molar-refractivity contribution in [1.29, 1.82) is 0 Å². The van der Waals surface area contributed by atoms with Crippen LogP contribution in [-0.2, 0) is 11.3 Å². The molecule has 0 amide bonds. The molecule has 0 saturated carbocycles. The Kier molecular flexibility index (Phi) is 5.34. The van der Waals surface area contributed by atoms with E-state index in [4.69, 9.17) is 4.74 Å². The number of hydrogen-bond donors (Lipinski definition) is 0. The second-order valence-electron chi connectivity index (χ2n) is 5.70.